The highest BCUT2D eigenvalue weighted by molar-refractivity contribution is 6.03. The molecular formula is C16H20FN7O. The highest BCUT2D eigenvalue weighted by Crippen LogP contribution is 2.14. The Morgan fingerprint density at radius 3 is 2.60 bits per heavy atom. The van der Waals surface area contributed by atoms with E-state index in [1.165, 1.54) is 18.3 Å². The lowest BCUT2D eigenvalue weighted by atomic mass is 10.1. The zero-order valence-corrected chi connectivity index (χ0v) is 14.2. The first kappa shape index (κ1) is 18.4. The topological polar surface area (TPSA) is 120 Å². The van der Waals surface area contributed by atoms with Gasteiger partial charge in [0.25, 0.3) is 0 Å². The van der Waals surface area contributed by atoms with Crippen molar-refractivity contribution in [3.05, 3.63) is 42.3 Å². The SMILES string of the molecule is C/C=C\C(=N)c1nc(NCC(C)(C)O)nc(Nc2ccc(F)nc2)n1. The molecule has 4 N–H and O–H groups in total. The largest absolute Gasteiger partial charge is 0.389 e. The fourth-order valence-electron chi connectivity index (χ4n) is 1.75. The number of pyridine rings is 1. The molecule has 0 atom stereocenters. The van der Waals surface area contributed by atoms with Gasteiger partial charge < -0.3 is 15.7 Å². The third-order valence-electron chi connectivity index (χ3n) is 2.87. The maximum absolute atomic E-state index is 12.9. The average molecular weight is 345 g/mol. The molecule has 9 heteroatoms. The van der Waals surface area contributed by atoms with Crippen molar-refractivity contribution in [2.24, 2.45) is 0 Å². The molecule has 2 aromatic rings. The van der Waals surface area contributed by atoms with Crippen LogP contribution in [0.2, 0.25) is 0 Å². The summed E-state index contributed by atoms with van der Waals surface area (Å²) in [5.74, 6) is -0.0574. The highest BCUT2D eigenvalue weighted by atomic mass is 19.1. The Labute approximate surface area is 144 Å². The minimum absolute atomic E-state index is 0.108. The summed E-state index contributed by atoms with van der Waals surface area (Å²) in [5, 5.41) is 23.6. The second-order valence-corrected chi connectivity index (χ2v) is 5.88. The Balaban J connectivity index is 2.31. The van der Waals surface area contributed by atoms with E-state index in [9.17, 15) is 9.50 Å². The summed E-state index contributed by atoms with van der Waals surface area (Å²) < 4.78 is 12.9. The molecule has 2 rings (SSSR count). The predicted octanol–water partition coefficient (Wildman–Crippen LogP) is 2.28. The van der Waals surface area contributed by atoms with Gasteiger partial charge >= 0.3 is 0 Å². The minimum Gasteiger partial charge on any atom is -0.389 e. The van der Waals surface area contributed by atoms with Crippen LogP contribution in [-0.2, 0) is 0 Å². The lowest BCUT2D eigenvalue weighted by molar-refractivity contribution is 0.0943. The third kappa shape index (κ3) is 5.88. The molecule has 0 saturated carbocycles. The van der Waals surface area contributed by atoms with Gasteiger partial charge in [0.05, 0.1) is 23.2 Å². The summed E-state index contributed by atoms with van der Waals surface area (Å²) in [7, 11) is 0. The summed E-state index contributed by atoms with van der Waals surface area (Å²) in [6.45, 7) is 5.29. The summed E-state index contributed by atoms with van der Waals surface area (Å²) in [6.07, 6.45) is 4.56. The zero-order valence-electron chi connectivity index (χ0n) is 14.2. The second kappa shape index (κ2) is 7.75. The van der Waals surface area contributed by atoms with Gasteiger partial charge in [-0.25, -0.2) is 4.98 Å². The Morgan fingerprint density at radius 1 is 1.28 bits per heavy atom. The van der Waals surface area contributed by atoms with Crippen LogP contribution in [0.4, 0.5) is 22.0 Å². The number of anilines is 3. The Morgan fingerprint density at radius 2 is 2.00 bits per heavy atom. The van der Waals surface area contributed by atoms with Crippen LogP contribution in [0.1, 0.15) is 26.6 Å². The molecule has 0 spiro atoms. The van der Waals surface area contributed by atoms with E-state index in [2.05, 4.69) is 30.6 Å². The van der Waals surface area contributed by atoms with E-state index >= 15 is 0 Å². The maximum Gasteiger partial charge on any atom is 0.232 e. The van der Waals surface area contributed by atoms with Gasteiger partial charge in [-0.05, 0) is 39.0 Å². The molecule has 2 aromatic heterocycles. The number of nitrogens with zero attached hydrogens (tertiary/aromatic N) is 4. The summed E-state index contributed by atoms with van der Waals surface area (Å²) in [4.78, 5) is 16.1. The van der Waals surface area contributed by atoms with Crippen LogP contribution in [0, 0.1) is 11.4 Å². The molecular weight excluding hydrogens is 325 g/mol. The van der Waals surface area contributed by atoms with Crippen LogP contribution >= 0.6 is 0 Å². The van der Waals surface area contributed by atoms with E-state index in [1.807, 2.05) is 0 Å². The zero-order chi connectivity index (χ0) is 18.4. The van der Waals surface area contributed by atoms with Crippen molar-refractivity contribution in [2.75, 3.05) is 17.2 Å². The lowest BCUT2D eigenvalue weighted by Gasteiger charge is -2.18. The summed E-state index contributed by atoms with van der Waals surface area (Å²) in [5.41, 5.74) is -0.362. The smallest absolute Gasteiger partial charge is 0.232 e. The van der Waals surface area contributed by atoms with Crippen molar-refractivity contribution in [3.63, 3.8) is 0 Å². The van der Waals surface area contributed by atoms with Crippen molar-refractivity contribution in [2.45, 2.75) is 26.4 Å². The van der Waals surface area contributed by atoms with E-state index in [0.717, 1.165) is 0 Å². The van der Waals surface area contributed by atoms with E-state index in [-0.39, 0.29) is 30.0 Å². The number of rotatable bonds is 7. The van der Waals surface area contributed by atoms with Gasteiger partial charge in [-0.3, -0.25) is 5.41 Å². The molecule has 0 aliphatic heterocycles. The molecule has 0 aliphatic rings. The molecule has 0 amide bonds. The van der Waals surface area contributed by atoms with Crippen molar-refractivity contribution < 1.29 is 9.50 Å². The minimum atomic E-state index is -0.960. The summed E-state index contributed by atoms with van der Waals surface area (Å²) in [6, 6.07) is 2.70. The fourth-order valence-corrected chi connectivity index (χ4v) is 1.75. The van der Waals surface area contributed by atoms with Crippen LogP contribution in [-0.4, -0.2) is 42.9 Å². The van der Waals surface area contributed by atoms with Crippen LogP contribution < -0.4 is 10.6 Å². The molecule has 2 heterocycles. The standard InChI is InChI=1S/C16H20FN7O/c1-4-5-11(18)13-22-14(20-9-16(2,3)25)24-15(23-13)21-10-6-7-12(17)19-8-10/h4-8,18,25H,9H2,1-3H3,(H2,20,21,22,23,24)/b5-4-,18-11?. The molecule has 0 fully saturated rings. The predicted molar refractivity (Wildman–Crippen MR) is 93.7 cm³/mol. The molecule has 25 heavy (non-hydrogen) atoms. The molecule has 0 bridgehead atoms. The first-order chi connectivity index (χ1) is 11.8. The normalized spacial score (nSPS) is 11.6. The Kier molecular flexibility index (Phi) is 5.71. The monoisotopic (exact) mass is 345 g/mol. The van der Waals surface area contributed by atoms with E-state index < -0.39 is 11.5 Å². The van der Waals surface area contributed by atoms with Crippen LogP contribution in [0.3, 0.4) is 0 Å². The van der Waals surface area contributed by atoms with Crippen LogP contribution in [0.15, 0.2) is 30.5 Å². The van der Waals surface area contributed by atoms with E-state index in [4.69, 9.17) is 5.41 Å². The van der Waals surface area contributed by atoms with Gasteiger partial charge in [0, 0.05) is 6.54 Å². The molecule has 0 saturated heterocycles. The van der Waals surface area contributed by atoms with Gasteiger partial charge in [-0.1, -0.05) is 6.08 Å². The number of nitrogens with one attached hydrogen (secondary N) is 3. The quantitative estimate of drug-likeness (QED) is 0.449. The molecule has 0 radical (unpaired) electrons. The van der Waals surface area contributed by atoms with Crippen molar-refractivity contribution >= 4 is 23.3 Å². The van der Waals surface area contributed by atoms with Gasteiger partial charge in [0.15, 0.2) is 5.82 Å². The van der Waals surface area contributed by atoms with Crippen molar-refractivity contribution in [1.82, 2.24) is 19.9 Å². The van der Waals surface area contributed by atoms with Gasteiger partial charge in [-0.15, -0.1) is 0 Å². The van der Waals surface area contributed by atoms with Gasteiger partial charge in [0.1, 0.15) is 0 Å². The van der Waals surface area contributed by atoms with E-state index in [1.54, 1.807) is 32.9 Å². The number of halogens is 1. The molecule has 8 nitrogen and oxygen atoms in total. The maximum atomic E-state index is 12.9. The molecule has 132 valence electrons. The highest BCUT2D eigenvalue weighted by Gasteiger charge is 2.15. The first-order valence-corrected chi connectivity index (χ1v) is 7.59. The Hall–Kier alpha value is -2.94. The number of aliphatic hydroxyl groups is 1. The Bertz CT molecular complexity index is 769. The number of allylic oxidation sites excluding steroid dienone is 2. The number of hydrogen-bond donors (Lipinski definition) is 4. The van der Waals surface area contributed by atoms with E-state index in [0.29, 0.717) is 5.69 Å². The van der Waals surface area contributed by atoms with Crippen molar-refractivity contribution in [3.8, 4) is 0 Å². The van der Waals surface area contributed by atoms with Crippen LogP contribution in [0.5, 0.6) is 0 Å². The van der Waals surface area contributed by atoms with Crippen molar-refractivity contribution in [1.29, 1.82) is 5.41 Å². The number of hydrogen-bond acceptors (Lipinski definition) is 8. The first-order valence-electron chi connectivity index (χ1n) is 7.59. The molecule has 0 aromatic carbocycles. The molecule has 0 unspecified atom stereocenters. The van der Waals surface area contributed by atoms with Gasteiger partial charge in [0.2, 0.25) is 17.8 Å². The average Bonchev–Trinajstić information content (AvgIpc) is 2.54. The van der Waals surface area contributed by atoms with Gasteiger partial charge in [-0.2, -0.15) is 19.3 Å². The number of aromatic nitrogens is 4. The third-order valence-corrected chi connectivity index (χ3v) is 2.87. The molecule has 0 aliphatic carbocycles. The second-order valence-electron chi connectivity index (χ2n) is 5.88. The fraction of sp³-hybridized carbons (Fsp3) is 0.312. The summed E-state index contributed by atoms with van der Waals surface area (Å²) >= 11 is 0. The lowest BCUT2D eigenvalue weighted by Crippen LogP contribution is -2.30. The van der Waals surface area contributed by atoms with Crippen LogP contribution in [0.25, 0.3) is 0 Å².